The van der Waals surface area contributed by atoms with E-state index in [1.807, 2.05) is 6.20 Å². The molecule has 8 aromatic rings. The molecule has 8 rings (SSSR count). The SMILES string of the molecule is Cc1ccc(-c2cc(-c3ccccc3)cc(-c3ccc(-c4cccc(-c5cc(C(C)(C)C)ccn5)c4)c4cc(-c5ccccc5)ncc34)c2)c(C)c1. The van der Waals surface area contributed by atoms with E-state index in [0.29, 0.717) is 0 Å². The zero-order chi connectivity index (χ0) is 35.8. The van der Waals surface area contributed by atoms with Crippen LogP contribution in [0.15, 0.2) is 164 Å². The first-order valence-electron chi connectivity index (χ1n) is 18.1. The molecule has 0 spiro atoms. The van der Waals surface area contributed by atoms with Gasteiger partial charge < -0.3 is 0 Å². The third-order valence-electron chi connectivity index (χ3n) is 10.1. The Labute approximate surface area is 307 Å². The van der Waals surface area contributed by atoms with Crippen LogP contribution in [0.3, 0.4) is 0 Å². The highest BCUT2D eigenvalue weighted by molar-refractivity contribution is 6.06. The van der Waals surface area contributed by atoms with Gasteiger partial charge in [0.25, 0.3) is 0 Å². The Balaban J connectivity index is 1.34. The van der Waals surface area contributed by atoms with Crippen molar-refractivity contribution in [2.24, 2.45) is 0 Å². The summed E-state index contributed by atoms with van der Waals surface area (Å²) in [7, 11) is 0. The molecular formula is C50H42N2. The van der Waals surface area contributed by atoms with Gasteiger partial charge in [0.2, 0.25) is 0 Å². The molecule has 0 N–H and O–H groups in total. The topological polar surface area (TPSA) is 25.8 Å². The summed E-state index contributed by atoms with van der Waals surface area (Å²) in [6.07, 6.45) is 4.00. The first-order chi connectivity index (χ1) is 25.2. The Morgan fingerprint density at radius 2 is 0.981 bits per heavy atom. The lowest BCUT2D eigenvalue weighted by Crippen LogP contribution is -2.11. The molecule has 0 aliphatic carbocycles. The summed E-state index contributed by atoms with van der Waals surface area (Å²) in [5.74, 6) is 0. The van der Waals surface area contributed by atoms with Crippen LogP contribution in [0.2, 0.25) is 0 Å². The number of hydrogen-bond donors (Lipinski definition) is 0. The lowest BCUT2D eigenvalue weighted by molar-refractivity contribution is 0.589. The van der Waals surface area contributed by atoms with Gasteiger partial charge in [-0.2, -0.15) is 0 Å². The molecule has 0 bridgehead atoms. The van der Waals surface area contributed by atoms with Crippen molar-refractivity contribution >= 4 is 10.8 Å². The standard InChI is InChI=1S/C50H42N2/c1-33-19-20-43(34(2)25-33)40-27-39(35-13-8-6-9-14-35)28-41(29-40)45-22-21-44(46-31-49(52-32-47(45)46)36-15-10-7-11-16-36)37-17-12-18-38(26-37)48-30-42(23-24-51-48)50(3,4)5/h6-32H,1-5H3. The maximum Gasteiger partial charge on any atom is 0.0708 e. The van der Waals surface area contributed by atoms with E-state index in [1.165, 1.54) is 50.1 Å². The van der Waals surface area contributed by atoms with Crippen LogP contribution in [0.5, 0.6) is 0 Å². The second kappa shape index (κ2) is 13.5. The molecule has 2 nitrogen and oxygen atoms in total. The van der Waals surface area contributed by atoms with Crippen LogP contribution in [-0.4, -0.2) is 9.97 Å². The van der Waals surface area contributed by atoms with Gasteiger partial charge >= 0.3 is 0 Å². The summed E-state index contributed by atoms with van der Waals surface area (Å²) in [5, 5.41) is 2.28. The molecule has 0 aliphatic heterocycles. The summed E-state index contributed by atoms with van der Waals surface area (Å²) in [6, 6.07) is 54.9. The second-order valence-electron chi connectivity index (χ2n) is 14.9. The van der Waals surface area contributed by atoms with Gasteiger partial charge in [0, 0.05) is 28.9 Å². The maximum atomic E-state index is 5.07. The van der Waals surface area contributed by atoms with Gasteiger partial charge in [-0.25, -0.2) is 0 Å². The van der Waals surface area contributed by atoms with Gasteiger partial charge in [0.15, 0.2) is 0 Å². The van der Waals surface area contributed by atoms with Crippen LogP contribution < -0.4 is 0 Å². The molecule has 0 saturated carbocycles. The molecule has 0 aliphatic rings. The number of nitrogens with zero attached hydrogens (tertiary/aromatic N) is 2. The molecular weight excluding hydrogens is 629 g/mol. The zero-order valence-corrected chi connectivity index (χ0v) is 30.5. The smallest absolute Gasteiger partial charge is 0.0708 e. The Bertz CT molecular complexity index is 2560. The molecule has 0 amide bonds. The second-order valence-corrected chi connectivity index (χ2v) is 14.9. The van der Waals surface area contributed by atoms with Crippen LogP contribution >= 0.6 is 0 Å². The van der Waals surface area contributed by atoms with E-state index in [0.717, 1.165) is 44.4 Å². The summed E-state index contributed by atoms with van der Waals surface area (Å²) < 4.78 is 0. The number of rotatable bonds is 6. The van der Waals surface area contributed by atoms with Gasteiger partial charge in [-0.05, 0) is 123 Å². The first-order valence-corrected chi connectivity index (χ1v) is 18.1. The summed E-state index contributed by atoms with van der Waals surface area (Å²) in [6.45, 7) is 11.1. The van der Waals surface area contributed by atoms with Crippen molar-refractivity contribution in [1.29, 1.82) is 0 Å². The van der Waals surface area contributed by atoms with Gasteiger partial charge in [0.05, 0.1) is 11.4 Å². The summed E-state index contributed by atoms with van der Waals surface area (Å²) in [4.78, 5) is 9.87. The van der Waals surface area contributed by atoms with Crippen LogP contribution in [0, 0.1) is 13.8 Å². The Morgan fingerprint density at radius 3 is 1.69 bits per heavy atom. The highest BCUT2D eigenvalue weighted by Crippen LogP contribution is 2.41. The third kappa shape index (κ3) is 6.56. The Morgan fingerprint density at radius 1 is 0.404 bits per heavy atom. The number of hydrogen-bond acceptors (Lipinski definition) is 2. The van der Waals surface area contributed by atoms with Crippen molar-refractivity contribution in [3.63, 3.8) is 0 Å². The molecule has 2 heteroatoms. The van der Waals surface area contributed by atoms with Crippen molar-refractivity contribution < 1.29 is 0 Å². The van der Waals surface area contributed by atoms with E-state index in [1.54, 1.807) is 0 Å². The minimum atomic E-state index is 0.0397. The number of aromatic nitrogens is 2. The summed E-state index contributed by atoms with van der Waals surface area (Å²) in [5.41, 5.74) is 17.5. The molecule has 0 unspecified atom stereocenters. The molecule has 0 fully saturated rings. The number of aryl methyl sites for hydroxylation is 2. The van der Waals surface area contributed by atoms with Gasteiger partial charge in [-0.3, -0.25) is 9.97 Å². The fourth-order valence-electron chi connectivity index (χ4n) is 7.28. The van der Waals surface area contributed by atoms with Crippen LogP contribution in [0.4, 0.5) is 0 Å². The van der Waals surface area contributed by atoms with Crippen molar-refractivity contribution in [2.45, 2.75) is 40.0 Å². The van der Waals surface area contributed by atoms with E-state index in [2.05, 4.69) is 192 Å². The lowest BCUT2D eigenvalue weighted by Gasteiger charge is -2.19. The molecule has 2 heterocycles. The average molecular weight is 671 g/mol. The Kier molecular flexibility index (Phi) is 8.61. The number of benzene rings is 6. The number of pyridine rings is 2. The molecule has 0 atom stereocenters. The first kappa shape index (κ1) is 33.0. The van der Waals surface area contributed by atoms with Crippen LogP contribution in [-0.2, 0) is 5.41 Å². The van der Waals surface area contributed by atoms with E-state index in [4.69, 9.17) is 9.97 Å². The quantitative estimate of drug-likeness (QED) is 0.176. The van der Waals surface area contributed by atoms with Gasteiger partial charge in [-0.1, -0.05) is 136 Å². The fraction of sp³-hybridized carbons (Fsp3) is 0.120. The minimum absolute atomic E-state index is 0.0397. The largest absolute Gasteiger partial charge is 0.256 e. The Hall–Kier alpha value is -6.12. The fourth-order valence-corrected chi connectivity index (χ4v) is 7.28. The zero-order valence-electron chi connectivity index (χ0n) is 30.5. The van der Waals surface area contributed by atoms with E-state index < -0.39 is 0 Å². The van der Waals surface area contributed by atoms with E-state index >= 15 is 0 Å². The molecule has 0 saturated heterocycles. The molecule has 0 radical (unpaired) electrons. The normalized spacial score (nSPS) is 11.6. The van der Waals surface area contributed by atoms with Crippen molar-refractivity contribution in [3.8, 4) is 67.0 Å². The van der Waals surface area contributed by atoms with Crippen LogP contribution in [0.1, 0.15) is 37.5 Å². The number of fused-ring (bicyclic) bond motifs is 1. The molecule has 52 heavy (non-hydrogen) atoms. The van der Waals surface area contributed by atoms with Crippen molar-refractivity contribution in [3.05, 3.63) is 181 Å². The molecule has 6 aromatic carbocycles. The van der Waals surface area contributed by atoms with Crippen LogP contribution in [0.25, 0.3) is 77.8 Å². The lowest BCUT2D eigenvalue weighted by atomic mass is 9.86. The molecule has 252 valence electrons. The van der Waals surface area contributed by atoms with Gasteiger partial charge in [0.1, 0.15) is 0 Å². The predicted molar refractivity (Wildman–Crippen MR) is 220 cm³/mol. The third-order valence-corrected chi connectivity index (χ3v) is 10.1. The van der Waals surface area contributed by atoms with Crippen molar-refractivity contribution in [2.75, 3.05) is 0 Å². The highest BCUT2D eigenvalue weighted by atomic mass is 14.7. The monoisotopic (exact) mass is 670 g/mol. The summed E-state index contributed by atoms with van der Waals surface area (Å²) >= 11 is 0. The average Bonchev–Trinajstić information content (AvgIpc) is 3.17. The van der Waals surface area contributed by atoms with Gasteiger partial charge in [-0.15, -0.1) is 0 Å². The predicted octanol–water partition coefficient (Wildman–Crippen LogP) is 13.5. The van der Waals surface area contributed by atoms with E-state index in [9.17, 15) is 0 Å². The minimum Gasteiger partial charge on any atom is -0.256 e. The van der Waals surface area contributed by atoms with Crippen molar-refractivity contribution in [1.82, 2.24) is 9.97 Å². The molecule has 2 aromatic heterocycles. The highest BCUT2D eigenvalue weighted by Gasteiger charge is 2.17. The maximum absolute atomic E-state index is 5.07. The van der Waals surface area contributed by atoms with E-state index in [-0.39, 0.29) is 5.41 Å².